The Morgan fingerprint density at radius 2 is 1.69 bits per heavy atom. The van der Waals surface area contributed by atoms with Gasteiger partial charge in [0.1, 0.15) is 4.90 Å². The van der Waals surface area contributed by atoms with Crippen molar-refractivity contribution in [2.75, 3.05) is 33.2 Å². The lowest BCUT2D eigenvalue weighted by Gasteiger charge is -2.25. The van der Waals surface area contributed by atoms with Gasteiger partial charge in [-0.15, -0.1) is 0 Å². The van der Waals surface area contributed by atoms with Crippen LogP contribution in [-0.4, -0.2) is 54.3 Å². The zero-order chi connectivity index (χ0) is 23.3. The molecule has 0 radical (unpaired) electrons. The Kier molecular flexibility index (Phi) is 7.70. The van der Waals surface area contributed by atoms with Gasteiger partial charge >= 0.3 is 10.1 Å². The lowest BCUT2D eigenvalue weighted by molar-refractivity contribution is 0.147. The summed E-state index contributed by atoms with van der Waals surface area (Å²) in [6.07, 6.45) is 3.17. The highest BCUT2D eigenvalue weighted by Gasteiger charge is 2.24. The van der Waals surface area contributed by atoms with E-state index in [4.69, 9.17) is 18.4 Å². The van der Waals surface area contributed by atoms with Crippen LogP contribution in [0.5, 0.6) is 23.0 Å². The van der Waals surface area contributed by atoms with Crippen molar-refractivity contribution >= 4 is 15.8 Å². The predicted molar refractivity (Wildman–Crippen MR) is 120 cm³/mol. The molecule has 0 heterocycles. The second-order valence-electron chi connectivity index (χ2n) is 7.49. The fourth-order valence-electron chi connectivity index (χ4n) is 3.58. The minimum atomic E-state index is -4.12. The molecule has 10 heteroatoms. The highest BCUT2D eigenvalue weighted by atomic mass is 32.2. The molecular weight excluding hydrogens is 436 g/mol. The summed E-state index contributed by atoms with van der Waals surface area (Å²) in [4.78, 5) is 1.53. The molecule has 1 aliphatic carbocycles. The second kappa shape index (κ2) is 10.3. The number of nitrogens with one attached hydrogen (secondary N) is 1. The van der Waals surface area contributed by atoms with Crippen molar-refractivity contribution in [2.24, 2.45) is 0 Å². The molecule has 0 unspecified atom stereocenters. The van der Waals surface area contributed by atoms with Crippen molar-refractivity contribution in [3.05, 3.63) is 36.4 Å². The predicted octanol–water partition coefficient (Wildman–Crippen LogP) is 2.72. The van der Waals surface area contributed by atoms with Crippen LogP contribution in [0.2, 0.25) is 0 Å². The van der Waals surface area contributed by atoms with E-state index in [0.29, 0.717) is 22.9 Å². The number of benzene rings is 2. The van der Waals surface area contributed by atoms with Gasteiger partial charge in [-0.2, -0.15) is 8.42 Å². The zero-order valence-electron chi connectivity index (χ0n) is 18.7. The van der Waals surface area contributed by atoms with Gasteiger partial charge in [-0.1, -0.05) is 0 Å². The van der Waals surface area contributed by atoms with E-state index in [1.807, 2.05) is 0 Å². The molecule has 9 nitrogen and oxygen atoms in total. The summed E-state index contributed by atoms with van der Waals surface area (Å²) in [6.45, 7) is 0. The molecule has 0 aromatic heterocycles. The van der Waals surface area contributed by atoms with Gasteiger partial charge in [-0.3, -0.25) is 5.32 Å². The molecule has 3 rings (SSSR count). The average molecular weight is 467 g/mol. The Labute approximate surface area is 189 Å². The Balaban J connectivity index is 1.86. The molecule has 2 aromatic rings. The fraction of sp³-hybridized carbons (Fsp3) is 0.455. The molecule has 0 bridgehead atoms. The molecule has 2 aromatic carbocycles. The molecule has 32 heavy (non-hydrogen) atoms. The number of rotatable bonds is 10. The summed E-state index contributed by atoms with van der Waals surface area (Å²) in [6, 6.07) is 8.95. The monoisotopic (exact) mass is 466 g/mol. The number of methoxy groups -OCH3 is 2. The topological polar surface area (TPSA) is 107 Å². The third-order valence-corrected chi connectivity index (χ3v) is 6.64. The molecule has 176 valence electrons. The van der Waals surface area contributed by atoms with Gasteiger partial charge in [0, 0.05) is 24.9 Å². The highest BCUT2D eigenvalue weighted by Crippen LogP contribution is 2.43. The molecule has 1 fully saturated rings. The van der Waals surface area contributed by atoms with Crippen LogP contribution < -0.4 is 28.6 Å². The Morgan fingerprint density at radius 3 is 2.25 bits per heavy atom. The van der Waals surface area contributed by atoms with Crippen LogP contribution >= 0.6 is 0 Å². The van der Waals surface area contributed by atoms with Crippen molar-refractivity contribution < 1.29 is 31.9 Å². The van der Waals surface area contributed by atoms with Gasteiger partial charge in [-0.25, -0.2) is 0 Å². The van der Waals surface area contributed by atoms with Gasteiger partial charge in [0.2, 0.25) is 5.75 Å². The number of hydrogen-bond donors (Lipinski definition) is 2. The fourth-order valence-corrected chi connectivity index (χ4v) is 4.50. The zero-order valence-corrected chi connectivity index (χ0v) is 19.5. The smallest absolute Gasteiger partial charge is 0.339 e. The molecule has 0 spiro atoms. The molecule has 1 atom stereocenters. The number of nitrogens with zero attached hydrogens (tertiary/aromatic N) is 1. The first-order chi connectivity index (χ1) is 15.3. The third-order valence-electron chi connectivity index (χ3n) is 5.38. The maximum atomic E-state index is 12.9. The first-order valence-electron chi connectivity index (χ1n) is 10.3. The highest BCUT2D eigenvalue weighted by molar-refractivity contribution is 7.87. The number of anilines is 1. The third kappa shape index (κ3) is 5.37. The quantitative estimate of drug-likeness (QED) is 0.404. The Hall–Kier alpha value is -2.69. The van der Waals surface area contributed by atoms with E-state index in [0.717, 1.165) is 25.7 Å². The number of hydrogen-bond acceptors (Lipinski definition) is 9. The number of ether oxygens (including phenoxy) is 3. The van der Waals surface area contributed by atoms with Gasteiger partial charge in [-0.05, 0) is 57.0 Å². The minimum absolute atomic E-state index is 0.0263. The Bertz CT molecular complexity index is 1010. The second-order valence-corrected chi connectivity index (χ2v) is 9.03. The van der Waals surface area contributed by atoms with Gasteiger partial charge in [0.25, 0.3) is 0 Å². The van der Waals surface area contributed by atoms with Crippen molar-refractivity contribution in [3.63, 3.8) is 0 Å². The molecule has 0 saturated heterocycles. The molecule has 2 N–H and O–H groups in total. The van der Waals surface area contributed by atoms with Crippen LogP contribution in [-0.2, 0) is 10.1 Å². The van der Waals surface area contributed by atoms with E-state index < -0.39 is 16.5 Å². The summed E-state index contributed by atoms with van der Waals surface area (Å²) < 4.78 is 48.0. The lowest BCUT2D eigenvalue weighted by Crippen LogP contribution is -2.41. The van der Waals surface area contributed by atoms with Crippen LogP contribution in [0.15, 0.2) is 41.3 Å². The minimum Gasteiger partial charge on any atom is -0.493 e. The van der Waals surface area contributed by atoms with Gasteiger partial charge < -0.3 is 28.4 Å². The van der Waals surface area contributed by atoms with E-state index in [9.17, 15) is 13.5 Å². The van der Waals surface area contributed by atoms with E-state index in [1.165, 1.54) is 38.5 Å². The summed E-state index contributed by atoms with van der Waals surface area (Å²) in [5.41, 5.74) is 0.629. The van der Waals surface area contributed by atoms with E-state index in [-0.39, 0.29) is 16.7 Å². The molecule has 1 saturated carbocycles. The van der Waals surface area contributed by atoms with Crippen LogP contribution in [0.25, 0.3) is 0 Å². The summed E-state index contributed by atoms with van der Waals surface area (Å²) in [5.74, 6) is 1.13. The maximum Gasteiger partial charge on any atom is 0.339 e. The van der Waals surface area contributed by atoms with Crippen LogP contribution in [0.4, 0.5) is 5.69 Å². The standard InChI is InChI=1S/C22H30N2O7S/c1-23-22(25)24(2)15-9-11-18(12-10-15)32(26,27)31-17-13-19(28-3)21(29-4)20(14-17)30-16-7-5-6-8-16/h9-14,16,22-23,25H,5-8H2,1-4H3/t22-/m0/s1. The first-order valence-corrected chi connectivity index (χ1v) is 11.7. The summed E-state index contributed by atoms with van der Waals surface area (Å²) >= 11 is 0. The van der Waals surface area contributed by atoms with Gasteiger partial charge in [0.15, 0.2) is 23.6 Å². The summed E-state index contributed by atoms with van der Waals surface area (Å²) in [7, 11) is 2.13. The first kappa shape index (κ1) is 24.0. The van der Waals surface area contributed by atoms with E-state index >= 15 is 0 Å². The van der Waals surface area contributed by atoms with Crippen LogP contribution in [0.3, 0.4) is 0 Å². The van der Waals surface area contributed by atoms with Gasteiger partial charge in [0.05, 0.1) is 20.3 Å². The SMILES string of the molecule is CN[C@H](O)N(C)c1ccc(S(=O)(=O)Oc2cc(OC)c(OC)c(OC3CCCC3)c2)cc1. The molecular formula is C22H30N2O7S. The summed E-state index contributed by atoms with van der Waals surface area (Å²) in [5, 5.41) is 12.6. The normalized spacial score (nSPS) is 15.3. The van der Waals surface area contributed by atoms with Crippen molar-refractivity contribution in [3.8, 4) is 23.0 Å². The molecule has 0 amide bonds. The molecule has 0 aliphatic heterocycles. The largest absolute Gasteiger partial charge is 0.493 e. The maximum absolute atomic E-state index is 12.9. The van der Waals surface area contributed by atoms with E-state index in [2.05, 4.69) is 5.32 Å². The Morgan fingerprint density at radius 1 is 1.06 bits per heavy atom. The van der Waals surface area contributed by atoms with Crippen molar-refractivity contribution in [2.45, 2.75) is 43.0 Å². The van der Waals surface area contributed by atoms with Crippen molar-refractivity contribution in [1.82, 2.24) is 5.32 Å². The molecule has 1 aliphatic rings. The van der Waals surface area contributed by atoms with E-state index in [1.54, 1.807) is 31.1 Å². The number of aliphatic hydroxyl groups is 1. The lowest BCUT2D eigenvalue weighted by atomic mass is 10.2. The average Bonchev–Trinajstić information content (AvgIpc) is 3.30. The van der Waals surface area contributed by atoms with Crippen molar-refractivity contribution in [1.29, 1.82) is 0 Å². The van der Waals surface area contributed by atoms with Crippen LogP contribution in [0.1, 0.15) is 25.7 Å². The number of aliphatic hydroxyl groups excluding tert-OH is 1. The van der Waals surface area contributed by atoms with Crippen LogP contribution in [0, 0.1) is 0 Å².